The van der Waals surface area contributed by atoms with E-state index in [0.717, 1.165) is 25.3 Å². The molecule has 6 heteroatoms. The van der Waals surface area contributed by atoms with Gasteiger partial charge in [-0.25, -0.2) is 0 Å². The zero-order valence-electron chi connectivity index (χ0n) is 11.6. The molecule has 2 N–H and O–H groups in total. The highest BCUT2D eigenvalue weighted by Crippen LogP contribution is 2.24. The molecule has 0 bridgehead atoms. The number of rotatable bonds is 1. The third-order valence-corrected chi connectivity index (χ3v) is 4.35. The molecule has 0 spiro atoms. The summed E-state index contributed by atoms with van der Waals surface area (Å²) < 4.78 is 1.61. The van der Waals surface area contributed by atoms with E-state index in [1.807, 2.05) is 11.8 Å². The van der Waals surface area contributed by atoms with Crippen molar-refractivity contribution in [1.29, 1.82) is 0 Å². The fourth-order valence-corrected chi connectivity index (χ4v) is 3.25. The fraction of sp³-hybridized carbons (Fsp3) is 0.692. The number of aryl methyl sites for hydroxylation is 2. The fourth-order valence-electron chi connectivity index (χ4n) is 3.25. The van der Waals surface area contributed by atoms with Crippen LogP contribution < -0.4 is 5.73 Å². The molecule has 104 valence electrons. The summed E-state index contributed by atoms with van der Waals surface area (Å²) in [6.45, 7) is 5.61. The van der Waals surface area contributed by atoms with E-state index in [9.17, 15) is 4.79 Å². The lowest BCUT2D eigenvalue weighted by atomic mass is 10.1. The van der Waals surface area contributed by atoms with Crippen molar-refractivity contribution in [3.63, 3.8) is 0 Å². The van der Waals surface area contributed by atoms with Gasteiger partial charge in [0, 0.05) is 32.7 Å². The van der Waals surface area contributed by atoms with Gasteiger partial charge in [-0.15, -0.1) is 0 Å². The SMILES string of the molecule is Cc1nn(C)c(C(=O)N2CCN3CCCC3C2)c1N. The van der Waals surface area contributed by atoms with Gasteiger partial charge in [-0.05, 0) is 26.3 Å². The first-order valence-corrected chi connectivity index (χ1v) is 6.90. The third kappa shape index (κ3) is 2.00. The molecule has 1 unspecified atom stereocenters. The summed E-state index contributed by atoms with van der Waals surface area (Å²) in [5.74, 6) is 0.0205. The number of amides is 1. The van der Waals surface area contributed by atoms with E-state index in [1.165, 1.54) is 19.4 Å². The summed E-state index contributed by atoms with van der Waals surface area (Å²) in [6.07, 6.45) is 2.45. The molecule has 0 saturated carbocycles. The van der Waals surface area contributed by atoms with Crippen LogP contribution >= 0.6 is 0 Å². The van der Waals surface area contributed by atoms with Crippen LogP contribution in [0.1, 0.15) is 29.0 Å². The summed E-state index contributed by atoms with van der Waals surface area (Å²) in [5.41, 5.74) is 7.75. The van der Waals surface area contributed by atoms with E-state index < -0.39 is 0 Å². The van der Waals surface area contributed by atoms with Crippen LogP contribution in [0, 0.1) is 6.92 Å². The normalized spacial score (nSPS) is 23.7. The zero-order valence-corrected chi connectivity index (χ0v) is 11.6. The number of nitrogen functional groups attached to an aromatic ring is 1. The molecule has 0 aromatic carbocycles. The molecule has 1 amide bonds. The van der Waals surface area contributed by atoms with Crippen molar-refractivity contribution < 1.29 is 4.79 Å². The Hall–Kier alpha value is -1.56. The van der Waals surface area contributed by atoms with Crippen molar-refractivity contribution in [2.75, 3.05) is 31.9 Å². The van der Waals surface area contributed by atoms with E-state index in [4.69, 9.17) is 5.73 Å². The van der Waals surface area contributed by atoms with Crippen molar-refractivity contribution in [3.8, 4) is 0 Å². The first-order valence-electron chi connectivity index (χ1n) is 6.90. The monoisotopic (exact) mass is 263 g/mol. The Morgan fingerprint density at radius 3 is 2.84 bits per heavy atom. The molecule has 1 atom stereocenters. The predicted octanol–water partition coefficient (Wildman–Crippen LogP) is 0.231. The number of carbonyl (C=O) groups is 1. The number of aromatic nitrogens is 2. The molecule has 0 aliphatic carbocycles. The van der Waals surface area contributed by atoms with Crippen molar-refractivity contribution >= 4 is 11.6 Å². The smallest absolute Gasteiger partial charge is 0.274 e. The number of nitrogens with two attached hydrogens (primary N) is 1. The van der Waals surface area contributed by atoms with Crippen molar-refractivity contribution in [2.24, 2.45) is 7.05 Å². The molecule has 2 aliphatic rings. The Morgan fingerprint density at radius 2 is 2.16 bits per heavy atom. The molecule has 2 aliphatic heterocycles. The van der Waals surface area contributed by atoms with Crippen LogP contribution in [0.5, 0.6) is 0 Å². The second-order valence-corrected chi connectivity index (χ2v) is 5.55. The highest BCUT2D eigenvalue weighted by atomic mass is 16.2. The van der Waals surface area contributed by atoms with E-state index in [-0.39, 0.29) is 5.91 Å². The summed E-state index contributed by atoms with van der Waals surface area (Å²) in [5, 5.41) is 4.23. The summed E-state index contributed by atoms with van der Waals surface area (Å²) in [7, 11) is 1.78. The molecule has 19 heavy (non-hydrogen) atoms. The molecular formula is C13H21N5O. The average Bonchev–Trinajstić information content (AvgIpc) is 2.94. The van der Waals surface area contributed by atoms with Crippen LogP contribution in [-0.4, -0.2) is 57.7 Å². The van der Waals surface area contributed by atoms with Crippen LogP contribution in [0.25, 0.3) is 0 Å². The lowest BCUT2D eigenvalue weighted by molar-refractivity contribution is 0.0562. The summed E-state index contributed by atoms with van der Waals surface area (Å²) in [6, 6.07) is 0.535. The molecule has 2 fully saturated rings. The Balaban J connectivity index is 1.80. The van der Waals surface area contributed by atoms with Crippen molar-refractivity contribution in [1.82, 2.24) is 19.6 Å². The molecular weight excluding hydrogens is 242 g/mol. The van der Waals surface area contributed by atoms with Gasteiger partial charge in [0.2, 0.25) is 0 Å². The van der Waals surface area contributed by atoms with Crippen LogP contribution in [0.3, 0.4) is 0 Å². The molecule has 3 rings (SSSR count). The highest BCUT2D eigenvalue weighted by molar-refractivity contribution is 5.98. The largest absolute Gasteiger partial charge is 0.395 e. The number of carbonyl (C=O) groups excluding carboxylic acids is 1. The second kappa shape index (κ2) is 4.52. The molecule has 1 aromatic heterocycles. The highest BCUT2D eigenvalue weighted by Gasteiger charge is 2.34. The first kappa shape index (κ1) is 12.5. The maximum Gasteiger partial charge on any atom is 0.274 e. The topological polar surface area (TPSA) is 67.4 Å². The van der Waals surface area contributed by atoms with Gasteiger partial charge in [0.15, 0.2) is 0 Å². The molecule has 3 heterocycles. The van der Waals surface area contributed by atoms with Gasteiger partial charge < -0.3 is 10.6 Å². The lowest BCUT2D eigenvalue weighted by Gasteiger charge is -2.37. The number of fused-ring (bicyclic) bond motifs is 1. The standard InChI is InChI=1S/C13H21N5O/c1-9-11(14)12(16(2)15-9)13(19)18-7-6-17-5-3-4-10(17)8-18/h10H,3-8,14H2,1-2H3. The van der Waals surface area contributed by atoms with Gasteiger partial charge in [0.05, 0.1) is 11.4 Å². The van der Waals surface area contributed by atoms with E-state index in [1.54, 1.807) is 11.7 Å². The third-order valence-electron chi connectivity index (χ3n) is 4.35. The van der Waals surface area contributed by atoms with E-state index in [0.29, 0.717) is 17.4 Å². The Bertz CT molecular complexity index is 509. The first-order chi connectivity index (χ1) is 9.08. The quantitative estimate of drug-likeness (QED) is 0.787. The maximum atomic E-state index is 12.6. The molecule has 1 aromatic rings. The molecule has 0 radical (unpaired) electrons. The Morgan fingerprint density at radius 1 is 1.37 bits per heavy atom. The van der Waals surface area contributed by atoms with Gasteiger partial charge in [0.25, 0.3) is 5.91 Å². The molecule has 6 nitrogen and oxygen atoms in total. The average molecular weight is 263 g/mol. The van der Waals surface area contributed by atoms with Crippen LogP contribution in [0.4, 0.5) is 5.69 Å². The minimum absolute atomic E-state index is 0.0205. The lowest BCUT2D eigenvalue weighted by Crippen LogP contribution is -2.52. The van der Waals surface area contributed by atoms with E-state index in [2.05, 4.69) is 10.00 Å². The van der Waals surface area contributed by atoms with Crippen molar-refractivity contribution in [2.45, 2.75) is 25.8 Å². The molecule has 2 saturated heterocycles. The number of hydrogen-bond acceptors (Lipinski definition) is 4. The van der Waals surface area contributed by atoms with Gasteiger partial charge in [-0.2, -0.15) is 5.10 Å². The second-order valence-electron chi connectivity index (χ2n) is 5.55. The van der Waals surface area contributed by atoms with Gasteiger partial charge in [-0.1, -0.05) is 0 Å². The van der Waals surface area contributed by atoms with Crippen LogP contribution in [0.15, 0.2) is 0 Å². The van der Waals surface area contributed by atoms with Crippen molar-refractivity contribution in [3.05, 3.63) is 11.4 Å². The number of piperazine rings is 1. The van der Waals surface area contributed by atoms with Gasteiger partial charge in [0.1, 0.15) is 5.69 Å². The summed E-state index contributed by atoms with van der Waals surface area (Å²) in [4.78, 5) is 17.0. The zero-order chi connectivity index (χ0) is 13.6. The number of nitrogens with zero attached hydrogens (tertiary/aromatic N) is 4. The Labute approximate surface area is 113 Å². The maximum absolute atomic E-state index is 12.6. The summed E-state index contributed by atoms with van der Waals surface area (Å²) >= 11 is 0. The van der Waals surface area contributed by atoms with Gasteiger partial charge >= 0.3 is 0 Å². The van der Waals surface area contributed by atoms with E-state index >= 15 is 0 Å². The minimum Gasteiger partial charge on any atom is -0.395 e. The van der Waals surface area contributed by atoms with Crippen LogP contribution in [-0.2, 0) is 7.05 Å². The number of hydrogen-bond donors (Lipinski definition) is 1. The number of anilines is 1. The van der Waals surface area contributed by atoms with Gasteiger partial charge in [-0.3, -0.25) is 14.4 Å². The Kier molecular flexibility index (Phi) is 2.97. The predicted molar refractivity (Wildman–Crippen MR) is 72.9 cm³/mol. The van der Waals surface area contributed by atoms with Crippen LogP contribution in [0.2, 0.25) is 0 Å². The minimum atomic E-state index is 0.0205.